The van der Waals surface area contributed by atoms with Crippen LogP contribution in [0.1, 0.15) is 0 Å². The van der Waals surface area contributed by atoms with Crippen LogP contribution >= 0.6 is 11.6 Å². The Balaban J connectivity index is 3.71. The summed E-state index contributed by atoms with van der Waals surface area (Å²) in [7, 11) is -0.985. The SMILES string of the molecule is C[Si](C)(C)/C=C/C=C\Cl. The van der Waals surface area contributed by atoms with Crippen LogP contribution in [-0.2, 0) is 0 Å². The van der Waals surface area contributed by atoms with Crippen LogP contribution in [0.4, 0.5) is 0 Å². The van der Waals surface area contributed by atoms with Gasteiger partial charge in [0, 0.05) is 5.54 Å². The molecule has 0 amide bonds. The molecule has 0 aromatic rings. The predicted molar refractivity (Wildman–Crippen MR) is 47.5 cm³/mol. The zero-order valence-electron chi connectivity index (χ0n) is 6.19. The van der Waals surface area contributed by atoms with E-state index in [2.05, 4.69) is 25.3 Å². The lowest BCUT2D eigenvalue weighted by Crippen LogP contribution is -2.14. The average Bonchev–Trinajstić information content (AvgIpc) is 1.63. The molecule has 0 N–H and O–H groups in total. The largest absolute Gasteiger partial charge is 0.0950 e. The van der Waals surface area contributed by atoms with Crippen molar-refractivity contribution in [3.8, 4) is 0 Å². The summed E-state index contributed by atoms with van der Waals surface area (Å²) < 4.78 is 0. The number of halogens is 1. The molecule has 0 aliphatic carbocycles. The molecule has 0 nitrogen and oxygen atoms in total. The van der Waals surface area contributed by atoms with Gasteiger partial charge in [0.1, 0.15) is 0 Å². The number of hydrogen-bond acceptors (Lipinski definition) is 0. The molecule has 0 atom stereocenters. The van der Waals surface area contributed by atoms with Gasteiger partial charge in [-0.15, -0.1) is 0 Å². The Morgan fingerprint density at radius 1 is 1.11 bits per heavy atom. The normalized spacial score (nSPS) is 13.8. The Kier molecular flexibility index (Phi) is 3.90. The molecule has 0 aromatic carbocycles. The van der Waals surface area contributed by atoms with Gasteiger partial charge in [-0.2, -0.15) is 0 Å². The minimum absolute atomic E-state index is 0.985. The summed E-state index contributed by atoms with van der Waals surface area (Å²) >= 11 is 5.31. The predicted octanol–water partition coefficient (Wildman–Crippen LogP) is 3.17. The van der Waals surface area contributed by atoms with Crippen LogP contribution in [0, 0.1) is 0 Å². The van der Waals surface area contributed by atoms with Crippen LogP contribution < -0.4 is 0 Å². The van der Waals surface area contributed by atoms with Crippen molar-refractivity contribution < 1.29 is 0 Å². The average molecular weight is 161 g/mol. The number of rotatable bonds is 2. The van der Waals surface area contributed by atoms with Crippen molar-refractivity contribution in [2.24, 2.45) is 0 Å². The molecule has 0 radical (unpaired) electrons. The summed E-state index contributed by atoms with van der Waals surface area (Å²) in [6.07, 6.45) is 3.86. The molecular formula is C7H13ClSi. The fourth-order valence-electron chi connectivity index (χ4n) is 0.386. The monoisotopic (exact) mass is 160 g/mol. The van der Waals surface area contributed by atoms with Crippen molar-refractivity contribution in [1.82, 2.24) is 0 Å². The van der Waals surface area contributed by atoms with Gasteiger partial charge in [-0.25, -0.2) is 0 Å². The fourth-order valence-corrected chi connectivity index (χ4v) is 1.16. The second-order valence-corrected chi connectivity index (χ2v) is 8.36. The van der Waals surface area contributed by atoms with Crippen LogP contribution in [0.5, 0.6) is 0 Å². The van der Waals surface area contributed by atoms with Crippen LogP contribution in [0.25, 0.3) is 0 Å². The maximum Gasteiger partial charge on any atom is 0.0687 e. The lowest BCUT2D eigenvalue weighted by molar-refractivity contribution is 1.76. The van der Waals surface area contributed by atoms with Crippen molar-refractivity contribution in [2.75, 3.05) is 0 Å². The van der Waals surface area contributed by atoms with Crippen LogP contribution in [0.15, 0.2) is 23.4 Å². The van der Waals surface area contributed by atoms with Gasteiger partial charge in [0.25, 0.3) is 0 Å². The summed E-state index contributed by atoms with van der Waals surface area (Å²) in [5, 5.41) is 0. The van der Waals surface area contributed by atoms with E-state index >= 15 is 0 Å². The second kappa shape index (κ2) is 3.91. The van der Waals surface area contributed by atoms with Crippen molar-refractivity contribution >= 4 is 19.7 Å². The first-order valence-corrected chi connectivity index (χ1v) is 7.02. The third kappa shape index (κ3) is 7.99. The van der Waals surface area contributed by atoms with Crippen LogP contribution in [-0.4, -0.2) is 8.07 Å². The highest BCUT2D eigenvalue weighted by atomic mass is 35.5. The smallest absolute Gasteiger partial charge is 0.0687 e. The molecule has 0 saturated carbocycles. The maximum atomic E-state index is 5.31. The maximum absolute atomic E-state index is 5.31. The molecule has 0 fully saturated rings. The van der Waals surface area contributed by atoms with Gasteiger partial charge >= 0.3 is 0 Å². The number of hydrogen-bond donors (Lipinski definition) is 0. The summed E-state index contributed by atoms with van der Waals surface area (Å²) in [6, 6.07) is 0. The summed E-state index contributed by atoms with van der Waals surface area (Å²) in [5.41, 5.74) is 3.77. The van der Waals surface area contributed by atoms with Crippen molar-refractivity contribution in [3.05, 3.63) is 23.4 Å². The summed E-state index contributed by atoms with van der Waals surface area (Å²) in [6.45, 7) is 6.85. The minimum atomic E-state index is -0.985. The third-order valence-corrected chi connectivity index (χ3v) is 2.12. The van der Waals surface area contributed by atoms with Crippen molar-refractivity contribution in [1.29, 1.82) is 0 Å². The zero-order valence-corrected chi connectivity index (χ0v) is 7.94. The summed E-state index contributed by atoms with van der Waals surface area (Å²) in [4.78, 5) is 0. The molecule has 0 saturated heterocycles. The first-order chi connectivity index (χ1) is 4.06. The van der Waals surface area contributed by atoms with E-state index in [4.69, 9.17) is 11.6 Å². The van der Waals surface area contributed by atoms with E-state index in [0.29, 0.717) is 0 Å². The quantitative estimate of drug-likeness (QED) is 0.430. The molecule has 0 bridgehead atoms. The molecule has 0 heterocycles. The Bertz CT molecular complexity index is 119. The number of allylic oxidation sites excluding steroid dienone is 2. The molecule has 0 unspecified atom stereocenters. The Labute approximate surface area is 63.2 Å². The highest BCUT2D eigenvalue weighted by Crippen LogP contribution is 2.01. The highest BCUT2D eigenvalue weighted by Gasteiger charge is 2.05. The lowest BCUT2D eigenvalue weighted by atomic mass is 10.6. The highest BCUT2D eigenvalue weighted by molar-refractivity contribution is 6.81. The topological polar surface area (TPSA) is 0 Å². The Hall–Kier alpha value is -0.0131. The van der Waals surface area contributed by atoms with Crippen LogP contribution in [0.2, 0.25) is 19.6 Å². The van der Waals surface area contributed by atoms with E-state index in [1.54, 1.807) is 0 Å². The van der Waals surface area contributed by atoms with Gasteiger partial charge in [0.05, 0.1) is 8.07 Å². The van der Waals surface area contributed by atoms with Gasteiger partial charge in [0.2, 0.25) is 0 Å². The zero-order chi connectivity index (χ0) is 7.33. The fraction of sp³-hybridized carbons (Fsp3) is 0.429. The van der Waals surface area contributed by atoms with Crippen LogP contribution in [0.3, 0.4) is 0 Å². The van der Waals surface area contributed by atoms with E-state index < -0.39 is 8.07 Å². The molecule has 52 valence electrons. The molecule has 0 spiro atoms. The van der Waals surface area contributed by atoms with Gasteiger partial charge in [-0.05, 0) is 0 Å². The molecule has 9 heavy (non-hydrogen) atoms. The Morgan fingerprint density at radius 2 is 1.67 bits per heavy atom. The molecule has 0 aliphatic heterocycles. The Morgan fingerprint density at radius 3 is 2.00 bits per heavy atom. The van der Waals surface area contributed by atoms with E-state index in [1.165, 1.54) is 5.54 Å². The van der Waals surface area contributed by atoms with Gasteiger partial charge in [-0.3, -0.25) is 0 Å². The third-order valence-electron chi connectivity index (χ3n) is 0.780. The van der Waals surface area contributed by atoms with Gasteiger partial charge < -0.3 is 0 Å². The van der Waals surface area contributed by atoms with Gasteiger partial charge in [0.15, 0.2) is 0 Å². The first kappa shape index (κ1) is 8.99. The van der Waals surface area contributed by atoms with Gasteiger partial charge in [-0.1, -0.05) is 49.1 Å². The standard InChI is InChI=1S/C7H13ClSi/c1-9(2,3)7-5-4-6-8/h4-7H,1-3H3/b6-4-,7-5+. The molecule has 0 aromatic heterocycles. The van der Waals surface area contributed by atoms with E-state index in [1.807, 2.05) is 12.2 Å². The lowest BCUT2D eigenvalue weighted by Gasteiger charge is -2.06. The van der Waals surface area contributed by atoms with E-state index in [0.717, 1.165) is 0 Å². The van der Waals surface area contributed by atoms with E-state index in [9.17, 15) is 0 Å². The molecule has 2 heteroatoms. The van der Waals surface area contributed by atoms with Crippen molar-refractivity contribution in [3.63, 3.8) is 0 Å². The molecule has 0 aliphatic rings. The second-order valence-electron chi connectivity index (χ2n) is 3.04. The van der Waals surface area contributed by atoms with E-state index in [-0.39, 0.29) is 0 Å². The summed E-state index contributed by atoms with van der Waals surface area (Å²) in [5.74, 6) is 0. The van der Waals surface area contributed by atoms with Crippen molar-refractivity contribution in [2.45, 2.75) is 19.6 Å². The minimum Gasteiger partial charge on any atom is -0.0950 e. The molecule has 0 rings (SSSR count). The molecular weight excluding hydrogens is 148 g/mol. The first-order valence-electron chi connectivity index (χ1n) is 3.01.